The van der Waals surface area contributed by atoms with E-state index in [1.807, 2.05) is 24.4 Å². The molecule has 1 heterocycles. The number of hydrogen-bond acceptors (Lipinski definition) is 1. The van der Waals surface area contributed by atoms with Crippen LogP contribution >= 0.6 is 0 Å². The van der Waals surface area contributed by atoms with Crippen molar-refractivity contribution in [3.63, 3.8) is 0 Å². The van der Waals surface area contributed by atoms with Crippen molar-refractivity contribution in [1.29, 1.82) is 0 Å². The Hall–Kier alpha value is -1.38. The van der Waals surface area contributed by atoms with E-state index < -0.39 is 0 Å². The predicted octanol–water partition coefficient (Wildman–Crippen LogP) is 1.31. The van der Waals surface area contributed by atoms with Gasteiger partial charge >= 0.3 is 0 Å². The van der Waals surface area contributed by atoms with Crippen molar-refractivity contribution in [2.75, 3.05) is 0 Å². The molecule has 0 aromatic carbocycles. The summed E-state index contributed by atoms with van der Waals surface area (Å²) in [6, 6.07) is 5.88. The fraction of sp³-hybridized carbons (Fsp3) is 0.500. The van der Waals surface area contributed by atoms with Crippen molar-refractivity contribution in [1.82, 2.24) is 5.32 Å². The lowest BCUT2D eigenvalue weighted by Gasteiger charge is -2.07. The second kappa shape index (κ2) is 4.91. The maximum atomic E-state index is 11.7. The lowest BCUT2D eigenvalue weighted by atomic mass is 10.1. The van der Waals surface area contributed by atoms with E-state index in [0.29, 0.717) is 6.54 Å². The summed E-state index contributed by atoms with van der Waals surface area (Å²) in [4.78, 5) is 14.8. The van der Waals surface area contributed by atoms with Crippen LogP contribution in [-0.4, -0.2) is 5.91 Å². The van der Waals surface area contributed by atoms with E-state index in [2.05, 4.69) is 10.3 Å². The van der Waals surface area contributed by atoms with Gasteiger partial charge in [0.05, 0.1) is 0 Å². The van der Waals surface area contributed by atoms with Crippen LogP contribution in [0.15, 0.2) is 24.4 Å². The van der Waals surface area contributed by atoms with Gasteiger partial charge in [-0.15, -0.1) is 0 Å². The van der Waals surface area contributed by atoms with E-state index in [4.69, 9.17) is 0 Å². The van der Waals surface area contributed by atoms with E-state index in [1.165, 1.54) is 12.8 Å². The molecule has 0 radical (unpaired) electrons. The van der Waals surface area contributed by atoms with Crippen LogP contribution in [0.2, 0.25) is 0 Å². The van der Waals surface area contributed by atoms with Crippen LogP contribution in [0.3, 0.4) is 0 Å². The zero-order chi connectivity index (χ0) is 10.5. The van der Waals surface area contributed by atoms with Crippen LogP contribution in [0.1, 0.15) is 31.4 Å². The zero-order valence-electron chi connectivity index (χ0n) is 8.83. The number of carbonyl (C=O) groups is 1. The van der Waals surface area contributed by atoms with E-state index in [9.17, 15) is 4.79 Å². The van der Waals surface area contributed by atoms with Gasteiger partial charge in [-0.3, -0.25) is 4.79 Å². The standard InChI is InChI=1S/C12H16N2O/c15-12(10-5-1-2-6-10)14-9-11-7-3-4-8-13-11/h3-4,7-8,10H,1-2,5-6,9H2,(H,14,15)/p+1. The van der Waals surface area contributed by atoms with Crippen molar-refractivity contribution in [3.05, 3.63) is 30.1 Å². The molecule has 1 aromatic heterocycles. The average molecular weight is 205 g/mol. The van der Waals surface area contributed by atoms with Crippen LogP contribution < -0.4 is 10.3 Å². The van der Waals surface area contributed by atoms with Crippen molar-refractivity contribution in [2.45, 2.75) is 32.2 Å². The van der Waals surface area contributed by atoms with Gasteiger partial charge in [0.25, 0.3) is 0 Å². The maximum Gasteiger partial charge on any atom is 0.223 e. The molecule has 0 aliphatic heterocycles. The third-order valence-corrected chi connectivity index (χ3v) is 2.95. The molecule has 1 aromatic rings. The van der Waals surface area contributed by atoms with Gasteiger partial charge in [0.15, 0.2) is 11.9 Å². The zero-order valence-corrected chi connectivity index (χ0v) is 8.83. The minimum atomic E-state index is 0.213. The summed E-state index contributed by atoms with van der Waals surface area (Å²) in [6.45, 7) is 0.607. The molecule has 0 saturated heterocycles. The molecule has 1 saturated carbocycles. The van der Waals surface area contributed by atoms with Crippen LogP contribution in [0.25, 0.3) is 0 Å². The number of amides is 1. The SMILES string of the molecule is O=C(NCc1cccc[nH+]1)C1CCCC1. The fourth-order valence-corrected chi connectivity index (χ4v) is 2.06. The highest BCUT2D eigenvalue weighted by atomic mass is 16.1. The Morgan fingerprint density at radius 3 is 2.87 bits per heavy atom. The number of rotatable bonds is 3. The molecule has 80 valence electrons. The van der Waals surface area contributed by atoms with Gasteiger partial charge in [0, 0.05) is 18.1 Å². The largest absolute Gasteiger partial charge is 0.346 e. The minimum Gasteiger partial charge on any atom is -0.346 e. The monoisotopic (exact) mass is 205 g/mol. The summed E-state index contributed by atoms with van der Waals surface area (Å²) < 4.78 is 0. The number of nitrogens with one attached hydrogen (secondary N) is 2. The van der Waals surface area contributed by atoms with E-state index in [-0.39, 0.29) is 11.8 Å². The molecule has 3 heteroatoms. The Bertz CT molecular complexity index is 318. The van der Waals surface area contributed by atoms with Gasteiger partial charge < -0.3 is 5.32 Å². The molecule has 1 fully saturated rings. The molecule has 1 aliphatic carbocycles. The summed E-state index contributed by atoms with van der Waals surface area (Å²) in [5.74, 6) is 0.471. The Labute approximate surface area is 89.9 Å². The minimum absolute atomic E-state index is 0.213. The summed E-state index contributed by atoms with van der Waals surface area (Å²) in [5.41, 5.74) is 1.05. The summed E-state index contributed by atoms with van der Waals surface area (Å²) in [7, 11) is 0. The molecule has 1 amide bonds. The fourth-order valence-electron chi connectivity index (χ4n) is 2.06. The van der Waals surface area contributed by atoms with Crippen LogP contribution in [0.5, 0.6) is 0 Å². The summed E-state index contributed by atoms with van der Waals surface area (Å²) in [5, 5.41) is 2.97. The molecule has 2 N–H and O–H groups in total. The number of aromatic amines is 1. The highest BCUT2D eigenvalue weighted by molar-refractivity contribution is 5.78. The van der Waals surface area contributed by atoms with Gasteiger partial charge in [-0.1, -0.05) is 18.9 Å². The average Bonchev–Trinajstić information content (AvgIpc) is 2.81. The quantitative estimate of drug-likeness (QED) is 0.794. The smallest absolute Gasteiger partial charge is 0.223 e. The molecule has 2 rings (SSSR count). The molecular weight excluding hydrogens is 188 g/mol. The molecule has 0 unspecified atom stereocenters. The van der Waals surface area contributed by atoms with E-state index in [0.717, 1.165) is 18.5 Å². The van der Waals surface area contributed by atoms with E-state index >= 15 is 0 Å². The topological polar surface area (TPSA) is 43.2 Å². The number of pyridine rings is 1. The van der Waals surface area contributed by atoms with Gasteiger partial charge in [0.2, 0.25) is 5.91 Å². The van der Waals surface area contributed by atoms with Gasteiger partial charge in [-0.2, -0.15) is 0 Å². The lowest BCUT2D eigenvalue weighted by molar-refractivity contribution is -0.390. The molecule has 0 atom stereocenters. The van der Waals surface area contributed by atoms with Crippen molar-refractivity contribution >= 4 is 5.91 Å². The number of carbonyl (C=O) groups excluding carboxylic acids is 1. The molecule has 0 bridgehead atoms. The Morgan fingerprint density at radius 2 is 2.20 bits per heavy atom. The molecule has 3 nitrogen and oxygen atoms in total. The highest BCUT2D eigenvalue weighted by Gasteiger charge is 2.22. The number of H-pyrrole nitrogens is 1. The predicted molar refractivity (Wildman–Crippen MR) is 56.8 cm³/mol. The third kappa shape index (κ3) is 2.78. The second-order valence-electron chi connectivity index (χ2n) is 4.09. The first-order valence-corrected chi connectivity index (χ1v) is 5.59. The normalized spacial score (nSPS) is 16.5. The molecular formula is C12H17N2O+. The molecule has 15 heavy (non-hydrogen) atoms. The maximum absolute atomic E-state index is 11.7. The first kappa shape index (κ1) is 10.1. The highest BCUT2D eigenvalue weighted by Crippen LogP contribution is 2.24. The van der Waals surface area contributed by atoms with E-state index in [1.54, 1.807) is 0 Å². The molecule has 1 aliphatic rings. The van der Waals surface area contributed by atoms with Gasteiger partial charge in [-0.05, 0) is 12.8 Å². The number of hydrogen-bond donors (Lipinski definition) is 1. The summed E-state index contributed by atoms with van der Waals surface area (Å²) >= 11 is 0. The summed E-state index contributed by atoms with van der Waals surface area (Å²) in [6.07, 6.45) is 6.40. The second-order valence-corrected chi connectivity index (χ2v) is 4.09. The van der Waals surface area contributed by atoms with Crippen LogP contribution in [0.4, 0.5) is 0 Å². The van der Waals surface area contributed by atoms with Gasteiger partial charge in [0.1, 0.15) is 6.54 Å². The van der Waals surface area contributed by atoms with Crippen molar-refractivity contribution in [3.8, 4) is 0 Å². The Balaban J connectivity index is 1.80. The first-order chi connectivity index (χ1) is 7.36. The van der Waals surface area contributed by atoms with Gasteiger partial charge in [-0.25, -0.2) is 4.98 Å². The van der Waals surface area contributed by atoms with Crippen LogP contribution in [0, 0.1) is 5.92 Å². The lowest BCUT2D eigenvalue weighted by Crippen LogP contribution is -2.30. The molecule has 0 spiro atoms. The van der Waals surface area contributed by atoms with Crippen LogP contribution in [-0.2, 0) is 11.3 Å². The Morgan fingerprint density at radius 1 is 1.40 bits per heavy atom. The first-order valence-electron chi connectivity index (χ1n) is 5.59. The van der Waals surface area contributed by atoms with Crippen molar-refractivity contribution < 1.29 is 9.78 Å². The van der Waals surface area contributed by atoms with Crippen molar-refractivity contribution in [2.24, 2.45) is 5.92 Å². The Kier molecular flexibility index (Phi) is 3.33. The third-order valence-electron chi connectivity index (χ3n) is 2.95. The number of aromatic nitrogens is 1.